The molecule has 1 heterocycles. The molecule has 3 aromatic rings. The number of carbonyl (C=O) groups excluding carboxylic acids is 1. The maximum atomic E-state index is 12.4. The summed E-state index contributed by atoms with van der Waals surface area (Å²) in [6.45, 7) is 6.28. The molecule has 0 bridgehead atoms. The van der Waals surface area contributed by atoms with Crippen molar-refractivity contribution < 1.29 is 9.53 Å². The van der Waals surface area contributed by atoms with E-state index < -0.39 is 0 Å². The zero-order valence-electron chi connectivity index (χ0n) is 14.7. The molecular formula is C20H20N2O2S. The van der Waals surface area contributed by atoms with Gasteiger partial charge in [-0.3, -0.25) is 10.1 Å². The highest BCUT2D eigenvalue weighted by Crippen LogP contribution is 2.29. The molecular weight excluding hydrogens is 332 g/mol. The molecule has 128 valence electrons. The molecule has 0 aliphatic carbocycles. The number of thiazole rings is 1. The highest BCUT2D eigenvalue weighted by atomic mass is 32.1. The lowest BCUT2D eigenvalue weighted by atomic mass is 9.99. The Bertz CT molecular complexity index is 931. The molecule has 0 atom stereocenters. The third-order valence-electron chi connectivity index (χ3n) is 4.17. The van der Waals surface area contributed by atoms with Gasteiger partial charge >= 0.3 is 0 Å². The van der Waals surface area contributed by atoms with Gasteiger partial charge in [0.1, 0.15) is 5.75 Å². The minimum atomic E-state index is -0.198. The fourth-order valence-electron chi connectivity index (χ4n) is 2.62. The Labute approximate surface area is 151 Å². The topological polar surface area (TPSA) is 51.2 Å². The Morgan fingerprint density at radius 1 is 1.08 bits per heavy atom. The van der Waals surface area contributed by atoms with Gasteiger partial charge in [-0.1, -0.05) is 12.1 Å². The summed E-state index contributed by atoms with van der Waals surface area (Å²) < 4.78 is 5.16. The van der Waals surface area contributed by atoms with Crippen molar-refractivity contribution in [3.63, 3.8) is 0 Å². The van der Waals surface area contributed by atoms with E-state index in [0.717, 1.165) is 11.3 Å². The third kappa shape index (κ3) is 3.72. The molecule has 0 saturated heterocycles. The minimum absolute atomic E-state index is 0.198. The van der Waals surface area contributed by atoms with Crippen molar-refractivity contribution in [2.24, 2.45) is 0 Å². The molecule has 0 aliphatic rings. The molecule has 1 amide bonds. The van der Waals surface area contributed by atoms with E-state index in [-0.39, 0.29) is 5.91 Å². The van der Waals surface area contributed by atoms with Gasteiger partial charge in [-0.05, 0) is 61.7 Å². The van der Waals surface area contributed by atoms with Crippen LogP contribution in [0.5, 0.6) is 5.75 Å². The van der Waals surface area contributed by atoms with Crippen LogP contribution in [0.15, 0.2) is 41.8 Å². The molecule has 0 unspecified atom stereocenters. The first-order chi connectivity index (χ1) is 12.0. The van der Waals surface area contributed by atoms with Crippen molar-refractivity contribution in [2.75, 3.05) is 12.4 Å². The summed E-state index contributed by atoms with van der Waals surface area (Å²) in [5.41, 5.74) is 6.20. The molecule has 4 nitrogen and oxygen atoms in total. The average molecular weight is 352 g/mol. The monoisotopic (exact) mass is 352 g/mol. The fourth-order valence-corrected chi connectivity index (χ4v) is 3.33. The van der Waals surface area contributed by atoms with E-state index in [9.17, 15) is 4.79 Å². The second-order valence-electron chi connectivity index (χ2n) is 5.98. The highest BCUT2D eigenvalue weighted by molar-refractivity contribution is 7.14. The Hall–Kier alpha value is -2.66. The number of benzene rings is 2. The van der Waals surface area contributed by atoms with Gasteiger partial charge in [0.25, 0.3) is 5.91 Å². The number of carbonyl (C=O) groups is 1. The predicted octanol–water partition coefficient (Wildman–Crippen LogP) is 5.00. The summed E-state index contributed by atoms with van der Waals surface area (Å²) >= 11 is 1.42. The number of nitrogens with one attached hydrogen (secondary N) is 1. The van der Waals surface area contributed by atoms with Crippen LogP contribution < -0.4 is 10.1 Å². The van der Waals surface area contributed by atoms with Crippen LogP contribution in [0.2, 0.25) is 0 Å². The molecule has 0 fully saturated rings. The molecule has 1 aromatic heterocycles. The van der Waals surface area contributed by atoms with E-state index in [1.165, 1.54) is 28.0 Å². The number of amides is 1. The second-order valence-corrected chi connectivity index (χ2v) is 6.83. The molecule has 25 heavy (non-hydrogen) atoms. The minimum Gasteiger partial charge on any atom is -0.497 e. The van der Waals surface area contributed by atoms with Gasteiger partial charge in [-0.25, -0.2) is 4.98 Å². The van der Waals surface area contributed by atoms with Crippen molar-refractivity contribution in [1.29, 1.82) is 0 Å². The Morgan fingerprint density at radius 3 is 2.60 bits per heavy atom. The smallest absolute Gasteiger partial charge is 0.257 e. The average Bonchev–Trinajstić information content (AvgIpc) is 3.06. The maximum Gasteiger partial charge on any atom is 0.257 e. The van der Waals surface area contributed by atoms with Gasteiger partial charge in [-0.2, -0.15) is 0 Å². The van der Waals surface area contributed by atoms with E-state index in [1.807, 2.05) is 5.38 Å². The Balaban J connectivity index is 1.82. The van der Waals surface area contributed by atoms with E-state index in [0.29, 0.717) is 16.4 Å². The summed E-state index contributed by atoms with van der Waals surface area (Å²) in [7, 11) is 1.58. The van der Waals surface area contributed by atoms with Crippen LogP contribution in [0, 0.1) is 20.8 Å². The summed E-state index contributed by atoms with van der Waals surface area (Å²) in [6, 6.07) is 11.4. The van der Waals surface area contributed by atoms with E-state index in [4.69, 9.17) is 4.74 Å². The van der Waals surface area contributed by atoms with Crippen molar-refractivity contribution in [3.05, 3.63) is 64.0 Å². The van der Waals surface area contributed by atoms with Crippen LogP contribution in [0.4, 0.5) is 5.13 Å². The number of hydrogen-bond donors (Lipinski definition) is 1. The maximum absolute atomic E-state index is 12.4. The number of methoxy groups -OCH3 is 1. The van der Waals surface area contributed by atoms with E-state index >= 15 is 0 Å². The van der Waals surface area contributed by atoms with Gasteiger partial charge in [0, 0.05) is 16.5 Å². The lowest BCUT2D eigenvalue weighted by molar-refractivity contribution is 0.102. The zero-order valence-corrected chi connectivity index (χ0v) is 15.5. The van der Waals surface area contributed by atoms with Gasteiger partial charge in [0.05, 0.1) is 12.8 Å². The summed E-state index contributed by atoms with van der Waals surface area (Å²) in [5, 5.41) is 5.41. The molecule has 5 heteroatoms. The van der Waals surface area contributed by atoms with Crippen molar-refractivity contribution >= 4 is 22.4 Å². The molecule has 0 saturated carbocycles. The molecule has 0 radical (unpaired) electrons. The van der Waals surface area contributed by atoms with Gasteiger partial charge in [-0.15, -0.1) is 11.3 Å². The van der Waals surface area contributed by atoms with E-state index in [1.54, 1.807) is 31.4 Å². The lowest BCUT2D eigenvalue weighted by Gasteiger charge is -2.07. The first kappa shape index (κ1) is 17.2. The summed E-state index contributed by atoms with van der Waals surface area (Å²) in [4.78, 5) is 17.0. The molecule has 0 spiro atoms. The number of aryl methyl sites for hydroxylation is 3. The fraction of sp³-hybridized carbons (Fsp3) is 0.200. The first-order valence-electron chi connectivity index (χ1n) is 7.97. The number of hydrogen-bond acceptors (Lipinski definition) is 4. The van der Waals surface area contributed by atoms with Gasteiger partial charge in [0.15, 0.2) is 5.13 Å². The zero-order chi connectivity index (χ0) is 18.0. The molecule has 3 rings (SSSR count). The SMILES string of the molecule is COc1cccc(C(=O)Nc2nc(-c3cc(C)c(C)cc3C)cs2)c1. The van der Waals surface area contributed by atoms with Crippen molar-refractivity contribution in [3.8, 4) is 17.0 Å². The number of ether oxygens (including phenoxy) is 1. The van der Waals surface area contributed by atoms with Crippen LogP contribution in [-0.4, -0.2) is 18.0 Å². The summed E-state index contributed by atoms with van der Waals surface area (Å²) in [5.74, 6) is 0.454. The Kier molecular flexibility index (Phi) is 4.86. The molecule has 0 aliphatic heterocycles. The van der Waals surface area contributed by atoms with Crippen LogP contribution in [0.3, 0.4) is 0 Å². The predicted molar refractivity (Wildman–Crippen MR) is 103 cm³/mol. The molecule has 2 aromatic carbocycles. The Morgan fingerprint density at radius 2 is 1.84 bits per heavy atom. The quantitative estimate of drug-likeness (QED) is 0.719. The summed E-state index contributed by atoms with van der Waals surface area (Å²) in [6.07, 6.45) is 0. The lowest BCUT2D eigenvalue weighted by Crippen LogP contribution is -2.11. The number of rotatable bonds is 4. The van der Waals surface area contributed by atoms with Crippen LogP contribution in [0.1, 0.15) is 27.0 Å². The standard InChI is InChI=1S/C20H20N2O2S/c1-12-8-14(3)17(9-13(12)2)18-11-25-20(21-18)22-19(23)15-6-5-7-16(10-15)24-4/h5-11H,1-4H3,(H,21,22,23). The van der Waals surface area contributed by atoms with Crippen molar-refractivity contribution in [1.82, 2.24) is 4.98 Å². The largest absolute Gasteiger partial charge is 0.497 e. The van der Waals surface area contributed by atoms with Crippen LogP contribution >= 0.6 is 11.3 Å². The number of aromatic nitrogens is 1. The normalized spacial score (nSPS) is 10.6. The highest BCUT2D eigenvalue weighted by Gasteiger charge is 2.12. The van der Waals surface area contributed by atoms with Crippen molar-refractivity contribution in [2.45, 2.75) is 20.8 Å². The third-order valence-corrected chi connectivity index (χ3v) is 4.93. The van der Waals surface area contributed by atoms with E-state index in [2.05, 4.69) is 43.2 Å². The molecule has 1 N–H and O–H groups in total. The first-order valence-corrected chi connectivity index (χ1v) is 8.85. The van der Waals surface area contributed by atoms with Gasteiger partial charge in [0.2, 0.25) is 0 Å². The van der Waals surface area contributed by atoms with Crippen LogP contribution in [-0.2, 0) is 0 Å². The number of nitrogens with zero attached hydrogens (tertiary/aromatic N) is 1. The van der Waals surface area contributed by atoms with Crippen LogP contribution in [0.25, 0.3) is 11.3 Å². The number of anilines is 1. The second kappa shape index (κ2) is 7.07. The van der Waals surface area contributed by atoms with Gasteiger partial charge < -0.3 is 4.74 Å².